The summed E-state index contributed by atoms with van der Waals surface area (Å²) < 4.78 is 100. The number of aliphatic hydroxyl groups excluding tert-OH is 4. The highest BCUT2D eigenvalue weighted by Gasteiger charge is 2.34. The lowest BCUT2D eigenvalue weighted by Gasteiger charge is -2.15. The van der Waals surface area contributed by atoms with Crippen LogP contribution in [0, 0.1) is 0 Å². The van der Waals surface area contributed by atoms with Gasteiger partial charge in [0.2, 0.25) is 0 Å². The van der Waals surface area contributed by atoms with E-state index in [4.69, 9.17) is 37.8 Å². The molecule has 27 heteroatoms. The summed E-state index contributed by atoms with van der Waals surface area (Å²) in [5, 5.41) is 39.9. The molecule has 0 fully saturated rings. The Morgan fingerprint density at radius 1 is 0.584 bits per heavy atom. The third-order valence-electron chi connectivity index (χ3n) is 11.0. The number of halogens is 9. The van der Waals surface area contributed by atoms with Crippen molar-refractivity contribution in [2.45, 2.75) is 64.2 Å². The monoisotopic (exact) mass is 1180 g/mol. The van der Waals surface area contributed by atoms with Gasteiger partial charge in [0.1, 0.15) is 44.9 Å². The molecule has 2 atom stereocenters. The molecule has 0 saturated carbocycles. The third-order valence-corrected chi connectivity index (χ3v) is 13.9. The fourth-order valence-electron chi connectivity index (χ4n) is 7.58. The normalized spacial score (nSPS) is 12.2. The predicted octanol–water partition coefficient (Wildman–Crippen LogP) is 10.6. The van der Waals surface area contributed by atoms with Crippen LogP contribution in [0.25, 0.3) is 20.4 Å². The van der Waals surface area contributed by atoms with Gasteiger partial charge >= 0.3 is 24.1 Å². The van der Waals surface area contributed by atoms with Crippen LogP contribution in [0.15, 0.2) is 116 Å². The van der Waals surface area contributed by atoms with Crippen molar-refractivity contribution in [1.82, 2.24) is 18.3 Å². The Morgan fingerprint density at radius 3 is 1.27 bits per heavy atom. The maximum absolute atomic E-state index is 13.5. The molecule has 0 aliphatic carbocycles. The van der Waals surface area contributed by atoms with E-state index in [1.165, 1.54) is 47.5 Å². The van der Waals surface area contributed by atoms with E-state index in [0.29, 0.717) is 27.6 Å². The summed E-state index contributed by atoms with van der Waals surface area (Å²) in [4.78, 5) is 53.2. The van der Waals surface area contributed by atoms with Crippen LogP contribution in [0.2, 0.25) is 10.0 Å². The average molecular weight is 1180 g/mol. The Hall–Kier alpha value is -6.35. The van der Waals surface area contributed by atoms with Gasteiger partial charge in [0, 0.05) is 63.1 Å². The summed E-state index contributed by atoms with van der Waals surface area (Å²) in [5.41, 5.74) is -1.56. The average Bonchev–Trinajstić information content (AvgIpc) is 3.94. The molecule has 0 aliphatic heterocycles. The lowest BCUT2D eigenvalue weighted by molar-refractivity contribution is -0.275. The van der Waals surface area contributed by atoms with Crippen LogP contribution in [0.4, 0.5) is 26.3 Å². The van der Waals surface area contributed by atoms with E-state index in [1.807, 2.05) is 6.92 Å². The number of benzene rings is 4. The van der Waals surface area contributed by atoms with E-state index >= 15 is 0 Å². The first-order valence-corrected chi connectivity index (χ1v) is 24.9. The molecule has 0 spiro atoms. The van der Waals surface area contributed by atoms with Gasteiger partial charge in [-0.05, 0) is 72.5 Å². The Bertz CT molecular complexity index is 3330. The van der Waals surface area contributed by atoms with Gasteiger partial charge in [-0.25, -0.2) is 9.59 Å². The van der Waals surface area contributed by atoms with Gasteiger partial charge in [0.05, 0.1) is 21.9 Å². The summed E-state index contributed by atoms with van der Waals surface area (Å²) in [6.45, 7) is 1.81. The van der Waals surface area contributed by atoms with Gasteiger partial charge < -0.3 is 39.4 Å². The summed E-state index contributed by atoms with van der Waals surface area (Å²) in [6.07, 6.45) is -11.1. The van der Waals surface area contributed by atoms with Crippen molar-refractivity contribution in [3.05, 3.63) is 171 Å². The molecule has 2 unspecified atom stereocenters. The van der Waals surface area contributed by atoms with E-state index in [0.717, 1.165) is 69.6 Å². The minimum absolute atomic E-state index is 0. The molecular formula is C50H47Cl3F6N4O12S2. The Balaban J connectivity index is 0.000000272. The number of hydrogen-bond donors (Lipinski definition) is 4. The smallest absolute Gasteiger partial charge is 0.446 e. The molecule has 4 aromatic carbocycles. The largest absolute Gasteiger partial charge is 0.573 e. The predicted molar refractivity (Wildman–Crippen MR) is 282 cm³/mol. The van der Waals surface area contributed by atoms with Crippen LogP contribution in [0.1, 0.15) is 60.6 Å². The SMILES string of the molecule is CCCCn1c(=O)c2c(C(O)c3ccc(Cl)cc3)c(Oc3cccc(OC(F)(F)F)c3)sc2n(C)c1=O.CO.Cl.Cn1c(=O)n(CCCO)c(=O)c2c(C(O)c3ccc(Cl)cc3)c(Oc3cccc(OC(F)(F)F)c3)sc21. The number of aliphatic hydroxyl groups is 4. The van der Waals surface area contributed by atoms with Gasteiger partial charge in [-0.1, -0.05) is 95.6 Å². The summed E-state index contributed by atoms with van der Waals surface area (Å²) in [5.74, 6) is -1.09. The molecule has 16 nitrogen and oxygen atoms in total. The standard InChI is InChI=1S/C25H22ClF3N2O5S.C24H20ClF3N2O6S.CH4O.ClH/c1-3-4-12-31-21(33)19-18(20(32)14-8-10-15(26)11-9-14)23(37-22(19)30(2)24(31)34)35-16-6-5-7-17(13-16)36-25(27,28)29;1-29-21-18(20(33)30(23(29)34)10-3-11-31)17(19(32)13-6-8-14(25)9-7-13)22(37-21)35-15-4-2-5-16(12-15)36-24(26,27)28;1-2;/h5-11,13,20,32H,3-4,12H2,1-2H3;2,4-9,12,19,31-32H,3,10-11H2,1H3;2H,1H3;1H. The summed E-state index contributed by atoms with van der Waals surface area (Å²) >= 11 is 13.8. The minimum Gasteiger partial charge on any atom is -0.446 e. The molecule has 4 aromatic heterocycles. The van der Waals surface area contributed by atoms with Crippen molar-refractivity contribution in [3.63, 3.8) is 0 Å². The first-order chi connectivity index (χ1) is 36.0. The van der Waals surface area contributed by atoms with Crippen molar-refractivity contribution in [1.29, 1.82) is 0 Å². The second-order valence-electron chi connectivity index (χ2n) is 16.2. The van der Waals surface area contributed by atoms with Gasteiger partial charge in [-0.3, -0.25) is 27.9 Å². The van der Waals surface area contributed by atoms with Crippen LogP contribution < -0.4 is 41.4 Å². The zero-order valence-corrected chi connectivity index (χ0v) is 44.7. The van der Waals surface area contributed by atoms with Crippen LogP contribution in [0.3, 0.4) is 0 Å². The van der Waals surface area contributed by atoms with Gasteiger partial charge in [0.15, 0.2) is 10.1 Å². The fraction of sp³-hybridized carbons (Fsp3) is 0.280. The highest BCUT2D eigenvalue weighted by atomic mass is 35.5. The van der Waals surface area contributed by atoms with Gasteiger partial charge in [-0.2, -0.15) is 0 Å². The molecule has 77 heavy (non-hydrogen) atoms. The molecule has 0 aliphatic rings. The van der Waals surface area contributed by atoms with E-state index in [-0.39, 0.29) is 91.7 Å². The van der Waals surface area contributed by atoms with E-state index in [2.05, 4.69) is 9.47 Å². The number of nitrogens with zero attached hydrogens (tertiary/aromatic N) is 4. The first-order valence-electron chi connectivity index (χ1n) is 22.5. The second-order valence-corrected chi connectivity index (χ2v) is 18.9. The van der Waals surface area contributed by atoms with Gasteiger partial charge in [0.25, 0.3) is 11.1 Å². The molecule has 0 bridgehead atoms. The molecule has 4 N–H and O–H groups in total. The van der Waals surface area contributed by atoms with Crippen molar-refractivity contribution >= 4 is 78.7 Å². The van der Waals surface area contributed by atoms with Crippen molar-refractivity contribution in [3.8, 4) is 33.1 Å². The lowest BCUT2D eigenvalue weighted by Crippen LogP contribution is -2.39. The number of ether oxygens (including phenoxy) is 4. The molecule has 0 saturated heterocycles. The number of unbranched alkanes of at least 4 members (excludes halogenated alkanes) is 1. The lowest BCUT2D eigenvalue weighted by atomic mass is 10.0. The number of rotatable bonds is 16. The number of hydrogen-bond acceptors (Lipinski definition) is 14. The quantitative estimate of drug-likeness (QED) is 0.0667. The van der Waals surface area contributed by atoms with Crippen LogP contribution >= 0.6 is 58.3 Å². The Morgan fingerprint density at radius 2 is 0.935 bits per heavy atom. The highest BCUT2D eigenvalue weighted by Crippen LogP contribution is 2.46. The van der Waals surface area contributed by atoms with Crippen molar-refractivity contribution in [2.24, 2.45) is 14.1 Å². The van der Waals surface area contributed by atoms with E-state index in [9.17, 15) is 60.8 Å². The van der Waals surface area contributed by atoms with Crippen molar-refractivity contribution in [2.75, 3.05) is 13.7 Å². The third kappa shape index (κ3) is 14.6. The second kappa shape index (κ2) is 26.3. The van der Waals surface area contributed by atoms with Crippen LogP contribution in [-0.4, -0.2) is 65.1 Å². The molecule has 0 radical (unpaired) electrons. The summed E-state index contributed by atoms with van der Waals surface area (Å²) in [7, 11) is 3.94. The molecule has 8 rings (SSSR count). The zero-order valence-electron chi connectivity index (χ0n) is 40.7. The number of fused-ring (bicyclic) bond motifs is 2. The minimum atomic E-state index is -4.91. The topological polar surface area (TPSA) is 206 Å². The maximum atomic E-state index is 13.5. The molecule has 0 amide bonds. The van der Waals surface area contributed by atoms with Gasteiger partial charge in [-0.15, -0.1) is 38.7 Å². The highest BCUT2D eigenvalue weighted by molar-refractivity contribution is 7.21. The number of aromatic nitrogens is 4. The molecular weight excluding hydrogens is 1130 g/mol. The Kier molecular flexibility index (Phi) is 21.0. The number of aryl methyl sites for hydroxylation is 2. The number of thiophene rings is 2. The Labute approximate surface area is 456 Å². The fourth-order valence-corrected chi connectivity index (χ4v) is 10.1. The first kappa shape index (κ1) is 61.5. The molecule has 4 heterocycles. The van der Waals surface area contributed by atoms with Crippen molar-refractivity contribution < 1.29 is 65.7 Å². The summed E-state index contributed by atoms with van der Waals surface area (Å²) in [6, 6.07) is 22.1. The van der Waals surface area contributed by atoms with E-state index in [1.54, 1.807) is 48.5 Å². The molecule has 414 valence electrons. The number of alkyl halides is 6. The van der Waals surface area contributed by atoms with Crippen LogP contribution in [0.5, 0.6) is 33.1 Å². The van der Waals surface area contributed by atoms with E-state index < -0.39 is 58.9 Å². The van der Waals surface area contributed by atoms with Crippen LogP contribution in [-0.2, 0) is 27.2 Å². The maximum Gasteiger partial charge on any atom is 0.573 e. The zero-order chi connectivity index (χ0) is 55.8. The molecule has 8 aromatic rings.